The van der Waals surface area contributed by atoms with Crippen LogP contribution in [0.4, 0.5) is 14.6 Å². The summed E-state index contributed by atoms with van der Waals surface area (Å²) in [4.78, 5) is 26.6. The highest BCUT2D eigenvalue weighted by atomic mass is 35.5. The third-order valence-electron chi connectivity index (χ3n) is 5.64. The molecule has 0 amide bonds. The number of fused-ring (bicyclic) bond motifs is 1. The van der Waals surface area contributed by atoms with Crippen molar-refractivity contribution in [3.8, 4) is 17.3 Å². The highest BCUT2D eigenvalue weighted by Gasteiger charge is 2.24. The fraction of sp³-hybridized carbons (Fsp3) is 0.261. The number of pyridine rings is 1. The van der Waals surface area contributed by atoms with Gasteiger partial charge in [-0.1, -0.05) is 17.7 Å². The maximum Gasteiger partial charge on any atom is 0.232 e. The first-order chi connectivity index (χ1) is 16.5. The molecule has 0 bridgehead atoms. The van der Waals surface area contributed by atoms with E-state index in [1.807, 2.05) is 0 Å². The summed E-state index contributed by atoms with van der Waals surface area (Å²) in [7, 11) is 1.52. The van der Waals surface area contributed by atoms with Gasteiger partial charge in [0.25, 0.3) is 0 Å². The van der Waals surface area contributed by atoms with E-state index >= 15 is 0 Å². The number of methoxy groups -OCH3 is 1. The van der Waals surface area contributed by atoms with Crippen molar-refractivity contribution in [2.45, 2.75) is 6.54 Å². The van der Waals surface area contributed by atoms with E-state index in [4.69, 9.17) is 26.3 Å². The van der Waals surface area contributed by atoms with Crippen molar-refractivity contribution in [1.29, 1.82) is 0 Å². The lowest BCUT2D eigenvalue weighted by atomic mass is 10.1. The molecule has 0 unspecified atom stereocenters. The summed E-state index contributed by atoms with van der Waals surface area (Å²) >= 11 is 6.08. The summed E-state index contributed by atoms with van der Waals surface area (Å²) in [5.41, 5.74) is 2.74. The Morgan fingerprint density at radius 2 is 1.79 bits per heavy atom. The Morgan fingerprint density at radius 3 is 2.56 bits per heavy atom. The van der Waals surface area contributed by atoms with Gasteiger partial charge in [-0.2, -0.15) is 0 Å². The zero-order valence-electron chi connectivity index (χ0n) is 18.2. The average molecular weight is 484 g/mol. The van der Waals surface area contributed by atoms with Crippen molar-refractivity contribution in [1.82, 2.24) is 29.8 Å². The molecule has 34 heavy (non-hydrogen) atoms. The van der Waals surface area contributed by atoms with E-state index in [0.717, 1.165) is 6.07 Å². The van der Waals surface area contributed by atoms with E-state index in [9.17, 15) is 8.78 Å². The Kier molecular flexibility index (Phi) is 6.16. The Morgan fingerprint density at radius 1 is 0.971 bits per heavy atom. The molecular weight excluding hydrogens is 464 g/mol. The molecule has 5 rings (SSSR count). The van der Waals surface area contributed by atoms with Gasteiger partial charge in [0.2, 0.25) is 5.88 Å². The fourth-order valence-corrected chi connectivity index (χ4v) is 4.04. The second-order valence-corrected chi connectivity index (χ2v) is 8.22. The van der Waals surface area contributed by atoms with Crippen molar-refractivity contribution in [3.63, 3.8) is 0 Å². The quantitative estimate of drug-likeness (QED) is 0.397. The van der Waals surface area contributed by atoms with E-state index in [1.54, 1.807) is 18.5 Å². The predicted molar refractivity (Wildman–Crippen MR) is 124 cm³/mol. The molecule has 4 heterocycles. The summed E-state index contributed by atoms with van der Waals surface area (Å²) in [5, 5.41) is 0.327. The van der Waals surface area contributed by atoms with E-state index in [2.05, 4.69) is 24.8 Å². The summed E-state index contributed by atoms with van der Waals surface area (Å²) in [6, 6.07) is 5.35. The van der Waals surface area contributed by atoms with Crippen LogP contribution in [0.2, 0.25) is 5.15 Å². The van der Waals surface area contributed by atoms with E-state index in [0.29, 0.717) is 77.6 Å². The molecule has 1 aliphatic heterocycles. The molecule has 0 saturated carbocycles. The van der Waals surface area contributed by atoms with E-state index < -0.39 is 11.6 Å². The number of nitrogens with zero attached hydrogens (tertiary/aromatic N) is 7. The highest BCUT2D eigenvalue weighted by molar-refractivity contribution is 6.29. The molecular formula is C23H20ClF2N7O. The van der Waals surface area contributed by atoms with Crippen molar-refractivity contribution < 1.29 is 13.5 Å². The van der Waals surface area contributed by atoms with Gasteiger partial charge in [-0.3, -0.25) is 9.88 Å². The van der Waals surface area contributed by atoms with Gasteiger partial charge >= 0.3 is 0 Å². The van der Waals surface area contributed by atoms with Gasteiger partial charge in [0.15, 0.2) is 5.82 Å². The van der Waals surface area contributed by atoms with E-state index in [-0.39, 0.29) is 0 Å². The molecule has 174 valence electrons. The summed E-state index contributed by atoms with van der Waals surface area (Å²) < 4.78 is 32.5. The van der Waals surface area contributed by atoms with Crippen LogP contribution >= 0.6 is 11.6 Å². The van der Waals surface area contributed by atoms with Gasteiger partial charge < -0.3 is 9.64 Å². The molecule has 8 nitrogen and oxygen atoms in total. The molecule has 0 N–H and O–H groups in total. The number of hydrogen-bond acceptors (Lipinski definition) is 8. The normalized spacial score (nSPS) is 14.5. The van der Waals surface area contributed by atoms with Crippen LogP contribution in [-0.4, -0.2) is 63.1 Å². The van der Waals surface area contributed by atoms with Crippen LogP contribution in [0.3, 0.4) is 0 Å². The molecule has 0 spiro atoms. The molecule has 3 aromatic heterocycles. The van der Waals surface area contributed by atoms with Crippen LogP contribution in [0, 0.1) is 11.6 Å². The number of ether oxygens (including phenoxy) is 1. The predicted octanol–water partition coefficient (Wildman–Crippen LogP) is 3.74. The first-order valence-electron chi connectivity index (χ1n) is 10.6. The first-order valence-corrected chi connectivity index (χ1v) is 11.0. The minimum Gasteiger partial charge on any atom is -0.480 e. The van der Waals surface area contributed by atoms with Gasteiger partial charge in [0, 0.05) is 50.4 Å². The van der Waals surface area contributed by atoms with Crippen molar-refractivity contribution in [2.24, 2.45) is 0 Å². The van der Waals surface area contributed by atoms with Gasteiger partial charge in [0.1, 0.15) is 33.7 Å². The summed E-state index contributed by atoms with van der Waals surface area (Å²) in [6.45, 7) is 2.99. The molecule has 0 aliphatic carbocycles. The largest absolute Gasteiger partial charge is 0.480 e. The first kappa shape index (κ1) is 22.3. The van der Waals surface area contributed by atoms with Crippen molar-refractivity contribution in [3.05, 3.63) is 65.2 Å². The Bertz CT molecular complexity index is 1350. The average Bonchev–Trinajstić information content (AvgIpc) is 2.85. The van der Waals surface area contributed by atoms with Crippen LogP contribution in [0.5, 0.6) is 5.88 Å². The highest BCUT2D eigenvalue weighted by Crippen LogP contribution is 2.30. The molecule has 1 aromatic carbocycles. The molecule has 1 fully saturated rings. The lowest BCUT2D eigenvalue weighted by molar-refractivity contribution is 0.246. The summed E-state index contributed by atoms with van der Waals surface area (Å²) in [6.07, 6.45) is 4.70. The van der Waals surface area contributed by atoms with Crippen LogP contribution in [-0.2, 0) is 6.54 Å². The Hall–Kier alpha value is -3.50. The second kappa shape index (κ2) is 9.40. The number of anilines is 1. The standard InChI is InChI=1S/C23H20ClF2N7O/c1-34-21-12-27-10-19(29-21)22-23(31-17-9-20(24)28-11-18(17)30-22)33-6-4-32(5-7-33)13-14-2-3-15(25)8-16(14)26/h2-3,8-12H,4-7,13H2,1H3. The number of hydrogen-bond donors (Lipinski definition) is 0. The van der Waals surface area contributed by atoms with Gasteiger partial charge in [0.05, 0.1) is 31.2 Å². The third kappa shape index (κ3) is 4.59. The molecule has 1 saturated heterocycles. The number of piperazine rings is 1. The van der Waals surface area contributed by atoms with Gasteiger partial charge in [-0.05, 0) is 6.07 Å². The number of benzene rings is 1. The zero-order chi connectivity index (χ0) is 23.7. The second-order valence-electron chi connectivity index (χ2n) is 7.84. The molecule has 11 heteroatoms. The van der Waals surface area contributed by atoms with Crippen LogP contribution in [0.25, 0.3) is 22.4 Å². The smallest absolute Gasteiger partial charge is 0.232 e. The van der Waals surface area contributed by atoms with Crippen LogP contribution in [0.15, 0.2) is 42.9 Å². The molecule has 4 aromatic rings. The van der Waals surface area contributed by atoms with Crippen molar-refractivity contribution >= 4 is 28.5 Å². The monoisotopic (exact) mass is 483 g/mol. The molecule has 1 aliphatic rings. The summed E-state index contributed by atoms with van der Waals surface area (Å²) in [5.74, 6) is -0.104. The minimum absolute atomic E-state index is 0.327. The lowest BCUT2D eigenvalue weighted by Crippen LogP contribution is -2.46. The number of rotatable bonds is 5. The SMILES string of the molecule is COc1cncc(-c2nc3cnc(Cl)cc3nc2N2CCN(Cc3ccc(F)cc3F)CC2)n1. The molecule has 0 atom stereocenters. The maximum absolute atomic E-state index is 14.1. The fourth-order valence-electron chi connectivity index (χ4n) is 3.89. The van der Waals surface area contributed by atoms with Gasteiger partial charge in [-0.15, -0.1) is 0 Å². The third-order valence-corrected chi connectivity index (χ3v) is 5.85. The number of halogens is 3. The lowest BCUT2D eigenvalue weighted by Gasteiger charge is -2.36. The van der Waals surface area contributed by atoms with Crippen LogP contribution in [0.1, 0.15) is 5.56 Å². The Balaban J connectivity index is 1.44. The van der Waals surface area contributed by atoms with Gasteiger partial charge in [-0.25, -0.2) is 28.7 Å². The number of aromatic nitrogens is 5. The van der Waals surface area contributed by atoms with E-state index in [1.165, 1.54) is 25.4 Å². The minimum atomic E-state index is -0.579. The van der Waals surface area contributed by atoms with Crippen molar-refractivity contribution in [2.75, 3.05) is 38.2 Å². The van der Waals surface area contributed by atoms with Crippen LogP contribution < -0.4 is 9.64 Å². The topological polar surface area (TPSA) is 80.2 Å². The zero-order valence-corrected chi connectivity index (χ0v) is 19.0. The maximum atomic E-state index is 14.1. The molecule has 0 radical (unpaired) electrons. The Labute approximate surface area is 199 Å².